The Morgan fingerprint density at radius 3 is 2.24 bits per heavy atom. The molecule has 1 rings (SSSR count). The van der Waals surface area contributed by atoms with Gasteiger partial charge in [0.2, 0.25) is 0 Å². The highest BCUT2D eigenvalue weighted by molar-refractivity contribution is 6.30. The lowest BCUT2D eigenvalue weighted by Crippen LogP contribution is -2.24. The standard InChI is InChI=1S/C18H31ClN2/c1-14(2)16(11-12-20)6-5-13-21(4)15(3)17-7-9-18(19)10-8-17/h7-10,14-16H,5-6,11-13,20H2,1-4H3. The van der Waals surface area contributed by atoms with Gasteiger partial charge in [0.05, 0.1) is 0 Å². The normalized spacial score (nSPS) is 14.7. The van der Waals surface area contributed by atoms with E-state index in [4.69, 9.17) is 17.3 Å². The fourth-order valence-electron chi connectivity index (χ4n) is 2.82. The molecule has 2 N–H and O–H groups in total. The summed E-state index contributed by atoms with van der Waals surface area (Å²) in [5.41, 5.74) is 7.04. The highest BCUT2D eigenvalue weighted by Gasteiger charge is 2.15. The van der Waals surface area contributed by atoms with Crippen LogP contribution in [0.25, 0.3) is 0 Å². The third-order valence-electron chi connectivity index (χ3n) is 4.58. The zero-order valence-electron chi connectivity index (χ0n) is 14.0. The molecule has 0 heterocycles. The second-order valence-electron chi connectivity index (χ2n) is 6.43. The van der Waals surface area contributed by atoms with Crippen LogP contribution in [0.1, 0.15) is 51.6 Å². The van der Waals surface area contributed by atoms with E-state index in [1.807, 2.05) is 12.1 Å². The molecule has 1 aromatic carbocycles. The maximum absolute atomic E-state index is 5.95. The molecule has 0 spiro atoms. The minimum Gasteiger partial charge on any atom is -0.330 e. The van der Waals surface area contributed by atoms with Crippen LogP contribution in [0.3, 0.4) is 0 Å². The van der Waals surface area contributed by atoms with E-state index in [1.165, 1.54) is 18.4 Å². The number of hydrogen-bond acceptors (Lipinski definition) is 2. The van der Waals surface area contributed by atoms with E-state index in [1.54, 1.807) is 0 Å². The van der Waals surface area contributed by atoms with Crippen LogP contribution in [0.4, 0.5) is 0 Å². The topological polar surface area (TPSA) is 29.3 Å². The molecule has 2 unspecified atom stereocenters. The molecule has 0 bridgehead atoms. The maximum Gasteiger partial charge on any atom is 0.0406 e. The number of halogens is 1. The van der Waals surface area contributed by atoms with Crippen LogP contribution in [-0.4, -0.2) is 25.0 Å². The summed E-state index contributed by atoms with van der Waals surface area (Å²) in [4.78, 5) is 2.42. The molecule has 120 valence electrons. The Labute approximate surface area is 135 Å². The molecule has 0 aromatic heterocycles. The van der Waals surface area contributed by atoms with Gasteiger partial charge in [-0.15, -0.1) is 0 Å². The van der Waals surface area contributed by atoms with E-state index in [0.717, 1.165) is 36.4 Å². The summed E-state index contributed by atoms with van der Waals surface area (Å²) < 4.78 is 0. The second kappa shape index (κ2) is 9.45. The van der Waals surface area contributed by atoms with Gasteiger partial charge in [0.1, 0.15) is 0 Å². The van der Waals surface area contributed by atoms with Gasteiger partial charge in [-0.2, -0.15) is 0 Å². The first kappa shape index (κ1) is 18.5. The van der Waals surface area contributed by atoms with E-state index in [-0.39, 0.29) is 0 Å². The lowest BCUT2D eigenvalue weighted by atomic mass is 9.88. The van der Waals surface area contributed by atoms with Gasteiger partial charge >= 0.3 is 0 Å². The van der Waals surface area contributed by atoms with Crippen molar-refractivity contribution in [2.75, 3.05) is 20.1 Å². The monoisotopic (exact) mass is 310 g/mol. The van der Waals surface area contributed by atoms with E-state index < -0.39 is 0 Å². The lowest BCUT2D eigenvalue weighted by molar-refractivity contribution is 0.238. The predicted octanol–water partition coefficient (Wildman–Crippen LogP) is 4.73. The van der Waals surface area contributed by atoms with Crippen molar-refractivity contribution >= 4 is 11.6 Å². The molecular weight excluding hydrogens is 280 g/mol. The SMILES string of the molecule is CC(C)C(CCN)CCCN(C)C(C)c1ccc(Cl)cc1. The van der Waals surface area contributed by atoms with E-state index in [0.29, 0.717) is 6.04 Å². The Bertz CT molecular complexity index is 389. The van der Waals surface area contributed by atoms with Gasteiger partial charge in [-0.25, -0.2) is 0 Å². The summed E-state index contributed by atoms with van der Waals surface area (Å²) in [7, 11) is 2.20. The predicted molar refractivity (Wildman–Crippen MR) is 93.7 cm³/mol. The molecule has 0 saturated carbocycles. The number of rotatable bonds is 9. The van der Waals surface area contributed by atoms with E-state index >= 15 is 0 Å². The van der Waals surface area contributed by atoms with Gasteiger partial charge in [-0.3, -0.25) is 4.90 Å². The minimum absolute atomic E-state index is 0.425. The van der Waals surface area contributed by atoms with Crippen molar-refractivity contribution < 1.29 is 0 Å². The molecule has 0 amide bonds. The molecule has 0 aliphatic heterocycles. The number of nitrogens with zero attached hydrogens (tertiary/aromatic N) is 1. The Balaban J connectivity index is 2.42. The molecule has 0 aliphatic carbocycles. The fourth-order valence-corrected chi connectivity index (χ4v) is 2.94. The first-order valence-corrected chi connectivity index (χ1v) is 8.49. The second-order valence-corrected chi connectivity index (χ2v) is 6.87. The molecule has 0 aliphatic rings. The first-order chi connectivity index (χ1) is 9.95. The summed E-state index contributed by atoms with van der Waals surface area (Å²) in [6, 6.07) is 8.60. The van der Waals surface area contributed by atoms with Crippen molar-refractivity contribution in [2.24, 2.45) is 17.6 Å². The Kier molecular flexibility index (Phi) is 8.31. The zero-order valence-corrected chi connectivity index (χ0v) is 14.7. The summed E-state index contributed by atoms with van der Waals surface area (Å²) in [6.45, 7) is 8.79. The summed E-state index contributed by atoms with van der Waals surface area (Å²) in [6.07, 6.45) is 3.65. The number of hydrogen-bond donors (Lipinski definition) is 1. The molecule has 2 nitrogen and oxygen atoms in total. The maximum atomic E-state index is 5.95. The fraction of sp³-hybridized carbons (Fsp3) is 0.667. The van der Waals surface area contributed by atoms with Crippen molar-refractivity contribution in [1.29, 1.82) is 0 Å². The van der Waals surface area contributed by atoms with Crippen LogP contribution in [0.15, 0.2) is 24.3 Å². The van der Waals surface area contributed by atoms with Crippen molar-refractivity contribution in [3.63, 3.8) is 0 Å². The van der Waals surface area contributed by atoms with Crippen molar-refractivity contribution in [1.82, 2.24) is 4.90 Å². The molecular formula is C18H31ClN2. The third-order valence-corrected chi connectivity index (χ3v) is 4.83. The average Bonchev–Trinajstić information content (AvgIpc) is 2.46. The first-order valence-electron chi connectivity index (χ1n) is 8.11. The Morgan fingerprint density at radius 2 is 1.71 bits per heavy atom. The lowest BCUT2D eigenvalue weighted by Gasteiger charge is -2.27. The van der Waals surface area contributed by atoms with Crippen LogP contribution in [0.5, 0.6) is 0 Å². The highest BCUT2D eigenvalue weighted by atomic mass is 35.5. The van der Waals surface area contributed by atoms with E-state index in [9.17, 15) is 0 Å². The number of nitrogens with two attached hydrogens (primary N) is 1. The van der Waals surface area contributed by atoms with Crippen molar-refractivity contribution in [2.45, 2.75) is 46.1 Å². The Hall–Kier alpha value is -0.570. The molecule has 2 atom stereocenters. The van der Waals surface area contributed by atoms with Crippen LogP contribution in [-0.2, 0) is 0 Å². The average molecular weight is 311 g/mol. The number of benzene rings is 1. The van der Waals surface area contributed by atoms with Crippen LogP contribution < -0.4 is 5.73 Å². The quantitative estimate of drug-likeness (QED) is 0.714. The van der Waals surface area contributed by atoms with Gasteiger partial charge in [0.15, 0.2) is 0 Å². The van der Waals surface area contributed by atoms with Gasteiger partial charge in [0, 0.05) is 11.1 Å². The molecule has 0 radical (unpaired) electrons. The van der Waals surface area contributed by atoms with Gasteiger partial charge in [0.25, 0.3) is 0 Å². The summed E-state index contributed by atoms with van der Waals surface area (Å²) >= 11 is 5.95. The van der Waals surface area contributed by atoms with E-state index in [2.05, 4.69) is 44.9 Å². The van der Waals surface area contributed by atoms with Gasteiger partial charge in [-0.1, -0.05) is 37.6 Å². The molecule has 0 fully saturated rings. The zero-order chi connectivity index (χ0) is 15.8. The largest absolute Gasteiger partial charge is 0.330 e. The van der Waals surface area contributed by atoms with Gasteiger partial charge in [-0.05, 0) is 75.9 Å². The molecule has 3 heteroatoms. The molecule has 21 heavy (non-hydrogen) atoms. The molecule has 1 aromatic rings. The summed E-state index contributed by atoms with van der Waals surface area (Å²) in [5, 5.41) is 0.801. The minimum atomic E-state index is 0.425. The Morgan fingerprint density at radius 1 is 1.10 bits per heavy atom. The highest BCUT2D eigenvalue weighted by Crippen LogP contribution is 2.23. The van der Waals surface area contributed by atoms with Crippen LogP contribution in [0.2, 0.25) is 5.02 Å². The van der Waals surface area contributed by atoms with Crippen LogP contribution in [0, 0.1) is 11.8 Å². The van der Waals surface area contributed by atoms with Crippen molar-refractivity contribution in [3.05, 3.63) is 34.9 Å². The van der Waals surface area contributed by atoms with Crippen molar-refractivity contribution in [3.8, 4) is 0 Å². The molecule has 0 saturated heterocycles. The third kappa shape index (κ3) is 6.37. The smallest absolute Gasteiger partial charge is 0.0406 e. The summed E-state index contributed by atoms with van der Waals surface area (Å²) in [5.74, 6) is 1.49. The van der Waals surface area contributed by atoms with Crippen LogP contribution >= 0.6 is 11.6 Å². The van der Waals surface area contributed by atoms with Gasteiger partial charge < -0.3 is 5.73 Å².